The fraction of sp³-hybridized carbons (Fsp3) is 0.455. The number of rotatable bonds is 5. The van der Waals surface area contributed by atoms with Gasteiger partial charge in [-0.1, -0.05) is 6.07 Å². The monoisotopic (exact) mass is 414 g/mol. The zero-order valence-corrected chi connectivity index (χ0v) is 17.6. The van der Waals surface area contributed by atoms with Crippen LogP contribution in [-0.2, 0) is 17.6 Å². The van der Waals surface area contributed by atoms with Crippen molar-refractivity contribution in [1.82, 2.24) is 10.6 Å². The number of piperidine rings is 1. The Bertz CT molecular complexity index is 924. The van der Waals surface area contributed by atoms with Crippen molar-refractivity contribution in [2.45, 2.75) is 50.6 Å². The highest BCUT2D eigenvalue weighted by molar-refractivity contribution is 7.10. The van der Waals surface area contributed by atoms with E-state index in [2.05, 4.69) is 10.6 Å². The average Bonchev–Trinajstić information content (AvgIpc) is 3.18. The van der Waals surface area contributed by atoms with Crippen LogP contribution < -0.4 is 20.1 Å². The van der Waals surface area contributed by atoms with Gasteiger partial charge in [0.15, 0.2) is 11.5 Å². The lowest BCUT2D eigenvalue weighted by Crippen LogP contribution is -2.50. The van der Waals surface area contributed by atoms with Crippen LogP contribution in [0.4, 0.5) is 0 Å². The Balaban J connectivity index is 1.57. The summed E-state index contributed by atoms with van der Waals surface area (Å²) in [4.78, 5) is 26.5. The van der Waals surface area contributed by atoms with Crippen LogP contribution in [0.5, 0.6) is 11.5 Å². The second-order valence-electron chi connectivity index (χ2n) is 7.54. The summed E-state index contributed by atoms with van der Waals surface area (Å²) < 4.78 is 10.7. The SMILES string of the molecule is COc1ccc(C2NC(=O)CCC2NC(=O)c2csc3c2CCCC3)cc1OC. The van der Waals surface area contributed by atoms with Crippen LogP contribution in [0.15, 0.2) is 23.6 Å². The first-order valence-corrected chi connectivity index (χ1v) is 10.9. The molecule has 2 N–H and O–H groups in total. The Labute approximate surface area is 174 Å². The molecule has 2 heterocycles. The fourth-order valence-corrected chi connectivity index (χ4v) is 5.37. The number of nitrogens with one attached hydrogen (secondary N) is 2. The minimum atomic E-state index is -0.311. The van der Waals surface area contributed by atoms with Gasteiger partial charge in [-0.15, -0.1) is 11.3 Å². The lowest BCUT2D eigenvalue weighted by Gasteiger charge is -2.33. The third-order valence-electron chi connectivity index (χ3n) is 5.79. The molecule has 2 aliphatic rings. The molecule has 0 bridgehead atoms. The van der Waals surface area contributed by atoms with Crippen LogP contribution in [-0.4, -0.2) is 32.1 Å². The van der Waals surface area contributed by atoms with Gasteiger partial charge in [0.05, 0.1) is 31.9 Å². The molecule has 4 rings (SSSR count). The predicted molar refractivity (Wildman–Crippen MR) is 112 cm³/mol. The van der Waals surface area contributed by atoms with Crippen LogP contribution in [0, 0.1) is 0 Å². The first-order valence-electron chi connectivity index (χ1n) is 10.0. The quantitative estimate of drug-likeness (QED) is 0.786. The maximum atomic E-state index is 13.1. The molecule has 154 valence electrons. The van der Waals surface area contributed by atoms with Crippen molar-refractivity contribution in [3.63, 3.8) is 0 Å². The van der Waals surface area contributed by atoms with Crippen LogP contribution in [0.25, 0.3) is 0 Å². The summed E-state index contributed by atoms with van der Waals surface area (Å²) in [5, 5.41) is 8.21. The van der Waals surface area contributed by atoms with Gasteiger partial charge in [-0.2, -0.15) is 0 Å². The average molecular weight is 415 g/mol. The highest BCUT2D eigenvalue weighted by Gasteiger charge is 2.32. The van der Waals surface area contributed by atoms with E-state index in [0.717, 1.165) is 30.4 Å². The van der Waals surface area contributed by atoms with E-state index in [4.69, 9.17) is 9.47 Å². The number of amides is 2. The predicted octanol–water partition coefficient (Wildman–Crippen LogP) is 3.39. The molecule has 6 nitrogen and oxygen atoms in total. The molecule has 0 spiro atoms. The van der Waals surface area contributed by atoms with Crippen molar-refractivity contribution in [2.24, 2.45) is 0 Å². The summed E-state index contributed by atoms with van der Waals surface area (Å²) in [6.45, 7) is 0. The lowest BCUT2D eigenvalue weighted by molar-refractivity contribution is -0.123. The van der Waals surface area contributed by atoms with Crippen LogP contribution in [0.1, 0.15) is 58.1 Å². The molecule has 1 aromatic carbocycles. The summed E-state index contributed by atoms with van der Waals surface area (Å²) in [5.74, 6) is 1.17. The molecule has 1 saturated heterocycles. The van der Waals surface area contributed by atoms with Crippen molar-refractivity contribution in [1.29, 1.82) is 0 Å². The Kier molecular flexibility index (Phi) is 5.76. The lowest BCUT2D eigenvalue weighted by atomic mass is 9.91. The highest BCUT2D eigenvalue weighted by Crippen LogP contribution is 2.34. The fourth-order valence-electron chi connectivity index (χ4n) is 4.25. The van der Waals surface area contributed by atoms with Gasteiger partial charge < -0.3 is 20.1 Å². The minimum Gasteiger partial charge on any atom is -0.493 e. The molecule has 0 radical (unpaired) electrons. The number of hydrogen-bond donors (Lipinski definition) is 2. The van der Waals surface area contributed by atoms with E-state index >= 15 is 0 Å². The Morgan fingerprint density at radius 1 is 1.14 bits per heavy atom. The van der Waals surface area contributed by atoms with Crippen LogP contribution >= 0.6 is 11.3 Å². The largest absolute Gasteiger partial charge is 0.493 e. The minimum absolute atomic E-state index is 0.0109. The van der Waals surface area contributed by atoms with Crippen molar-refractivity contribution in [2.75, 3.05) is 14.2 Å². The standard InChI is InChI=1S/C22H26N2O4S/c1-27-17-9-7-13(11-18(17)28-2)21-16(8-10-20(25)24-21)23-22(26)15-12-29-19-6-4-3-5-14(15)19/h7,9,11-12,16,21H,3-6,8,10H2,1-2H3,(H,23,26)(H,24,25). The Morgan fingerprint density at radius 3 is 2.72 bits per heavy atom. The van der Waals surface area contributed by atoms with E-state index in [0.29, 0.717) is 24.3 Å². The molecule has 2 unspecified atom stereocenters. The summed E-state index contributed by atoms with van der Waals surface area (Å²) in [6.07, 6.45) is 5.38. The second kappa shape index (κ2) is 8.45. The van der Waals surface area contributed by atoms with E-state index in [-0.39, 0.29) is 23.9 Å². The van der Waals surface area contributed by atoms with Crippen LogP contribution in [0.2, 0.25) is 0 Å². The summed E-state index contributed by atoms with van der Waals surface area (Å²) in [7, 11) is 3.17. The molecular weight excluding hydrogens is 388 g/mol. The number of carbonyl (C=O) groups is 2. The van der Waals surface area contributed by atoms with E-state index in [1.165, 1.54) is 16.9 Å². The molecule has 2 aromatic rings. The number of methoxy groups -OCH3 is 2. The van der Waals surface area contributed by atoms with Crippen molar-refractivity contribution in [3.05, 3.63) is 45.1 Å². The number of fused-ring (bicyclic) bond motifs is 1. The zero-order valence-electron chi connectivity index (χ0n) is 16.7. The molecule has 1 fully saturated rings. The topological polar surface area (TPSA) is 76.7 Å². The first kappa shape index (κ1) is 19.8. The molecule has 1 aromatic heterocycles. The van der Waals surface area contributed by atoms with Gasteiger partial charge in [-0.25, -0.2) is 0 Å². The summed E-state index contributed by atoms with van der Waals surface area (Å²) >= 11 is 1.69. The number of ether oxygens (including phenoxy) is 2. The van der Waals surface area contributed by atoms with Crippen molar-refractivity contribution >= 4 is 23.2 Å². The smallest absolute Gasteiger partial charge is 0.252 e. The molecule has 7 heteroatoms. The number of aryl methyl sites for hydroxylation is 1. The molecule has 1 aliphatic carbocycles. The van der Waals surface area contributed by atoms with Gasteiger partial charge in [0.1, 0.15) is 0 Å². The summed E-state index contributed by atoms with van der Waals surface area (Å²) in [6, 6.07) is 5.10. The summed E-state index contributed by atoms with van der Waals surface area (Å²) in [5.41, 5.74) is 2.89. The normalized spacial score (nSPS) is 21.1. The van der Waals surface area contributed by atoms with Gasteiger partial charge in [-0.05, 0) is 55.4 Å². The molecule has 0 saturated carbocycles. The number of benzene rings is 1. The molecule has 29 heavy (non-hydrogen) atoms. The van der Waals surface area contributed by atoms with Gasteiger partial charge in [0.2, 0.25) is 5.91 Å². The third-order valence-corrected chi connectivity index (χ3v) is 6.88. The zero-order chi connectivity index (χ0) is 20.4. The van der Waals surface area contributed by atoms with E-state index < -0.39 is 0 Å². The van der Waals surface area contributed by atoms with Gasteiger partial charge >= 0.3 is 0 Å². The number of hydrogen-bond acceptors (Lipinski definition) is 5. The van der Waals surface area contributed by atoms with Gasteiger partial charge in [-0.3, -0.25) is 9.59 Å². The van der Waals surface area contributed by atoms with Crippen molar-refractivity contribution in [3.8, 4) is 11.5 Å². The Morgan fingerprint density at radius 2 is 1.93 bits per heavy atom. The third kappa shape index (κ3) is 3.96. The molecule has 1 aliphatic heterocycles. The van der Waals surface area contributed by atoms with Gasteiger partial charge in [0.25, 0.3) is 5.91 Å². The second-order valence-corrected chi connectivity index (χ2v) is 8.50. The number of carbonyl (C=O) groups excluding carboxylic acids is 2. The van der Waals surface area contributed by atoms with E-state index in [1.807, 2.05) is 23.6 Å². The van der Waals surface area contributed by atoms with E-state index in [9.17, 15) is 9.59 Å². The molecule has 2 atom stereocenters. The Hall–Kier alpha value is -2.54. The van der Waals surface area contributed by atoms with E-state index in [1.54, 1.807) is 25.6 Å². The van der Waals surface area contributed by atoms with Gasteiger partial charge in [0, 0.05) is 16.7 Å². The number of thiophene rings is 1. The maximum Gasteiger partial charge on any atom is 0.252 e. The van der Waals surface area contributed by atoms with Crippen LogP contribution in [0.3, 0.4) is 0 Å². The highest BCUT2D eigenvalue weighted by atomic mass is 32.1. The van der Waals surface area contributed by atoms with Crippen molar-refractivity contribution < 1.29 is 19.1 Å². The molecular formula is C22H26N2O4S. The molecule has 2 amide bonds. The first-order chi connectivity index (χ1) is 14.1. The maximum absolute atomic E-state index is 13.1.